The molecule has 2 nitrogen and oxygen atoms in total. The SMILES string of the molecule is CC.CC.O=C(c1ccccc1)C(Cl)c1ccncc1. The number of alkyl halides is 1. The fraction of sp³-hybridized carbons (Fsp3) is 0.294. The molecule has 20 heavy (non-hydrogen) atoms. The van der Waals surface area contributed by atoms with E-state index < -0.39 is 5.38 Å². The lowest BCUT2D eigenvalue weighted by Gasteiger charge is -2.08. The zero-order chi connectivity index (χ0) is 15.4. The molecule has 0 amide bonds. The van der Waals surface area contributed by atoms with Gasteiger partial charge in [0.25, 0.3) is 0 Å². The molecular formula is C17H22ClNO. The number of Topliss-reactive ketones (excluding diaryl/α,β-unsaturated/α-hetero) is 1. The van der Waals surface area contributed by atoms with Crippen molar-refractivity contribution in [1.82, 2.24) is 4.98 Å². The number of nitrogens with zero attached hydrogens (tertiary/aromatic N) is 1. The van der Waals surface area contributed by atoms with E-state index in [0.717, 1.165) is 5.56 Å². The second-order valence-corrected chi connectivity index (χ2v) is 3.81. The molecule has 2 aromatic rings. The van der Waals surface area contributed by atoms with Gasteiger partial charge in [-0.25, -0.2) is 0 Å². The topological polar surface area (TPSA) is 30.0 Å². The molecular weight excluding hydrogens is 270 g/mol. The molecule has 108 valence electrons. The van der Waals surface area contributed by atoms with Gasteiger partial charge in [-0.1, -0.05) is 58.0 Å². The summed E-state index contributed by atoms with van der Waals surface area (Å²) in [6, 6.07) is 12.5. The minimum Gasteiger partial charge on any atom is -0.292 e. The number of carbonyl (C=O) groups excluding carboxylic acids is 1. The summed E-state index contributed by atoms with van der Waals surface area (Å²) in [7, 11) is 0. The van der Waals surface area contributed by atoms with Gasteiger partial charge in [-0.2, -0.15) is 0 Å². The van der Waals surface area contributed by atoms with Crippen LogP contribution in [0.5, 0.6) is 0 Å². The Morgan fingerprint density at radius 1 is 0.950 bits per heavy atom. The molecule has 1 atom stereocenters. The van der Waals surface area contributed by atoms with Gasteiger partial charge >= 0.3 is 0 Å². The van der Waals surface area contributed by atoms with Crippen molar-refractivity contribution in [3.8, 4) is 0 Å². The van der Waals surface area contributed by atoms with Crippen molar-refractivity contribution in [2.45, 2.75) is 33.1 Å². The Labute approximate surface area is 126 Å². The molecule has 1 heterocycles. The second kappa shape index (κ2) is 11.2. The number of pyridine rings is 1. The summed E-state index contributed by atoms with van der Waals surface area (Å²) in [5.41, 5.74) is 1.39. The lowest BCUT2D eigenvalue weighted by Crippen LogP contribution is -2.07. The third-order valence-corrected chi connectivity index (χ3v) is 2.74. The third kappa shape index (κ3) is 5.54. The number of ketones is 1. The molecule has 0 aliphatic heterocycles. The molecule has 0 saturated heterocycles. The summed E-state index contributed by atoms with van der Waals surface area (Å²) in [6.45, 7) is 8.00. The van der Waals surface area contributed by atoms with E-state index >= 15 is 0 Å². The predicted molar refractivity (Wildman–Crippen MR) is 86.3 cm³/mol. The lowest BCUT2D eigenvalue weighted by molar-refractivity contribution is 0.0987. The van der Waals surface area contributed by atoms with E-state index in [0.29, 0.717) is 5.56 Å². The largest absolute Gasteiger partial charge is 0.292 e. The van der Waals surface area contributed by atoms with E-state index in [1.54, 1.807) is 36.7 Å². The van der Waals surface area contributed by atoms with Crippen LogP contribution in [0.4, 0.5) is 0 Å². The Morgan fingerprint density at radius 3 is 1.95 bits per heavy atom. The Hall–Kier alpha value is -1.67. The molecule has 2 rings (SSSR count). The van der Waals surface area contributed by atoms with Gasteiger partial charge in [0.2, 0.25) is 0 Å². The maximum absolute atomic E-state index is 12.0. The first-order chi connectivity index (χ1) is 9.79. The van der Waals surface area contributed by atoms with E-state index in [1.807, 2.05) is 45.9 Å². The van der Waals surface area contributed by atoms with Crippen molar-refractivity contribution in [2.75, 3.05) is 0 Å². The number of hydrogen-bond donors (Lipinski definition) is 0. The van der Waals surface area contributed by atoms with E-state index in [4.69, 9.17) is 11.6 Å². The molecule has 0 aliphatic rings. The first-order valence-corrected chi connectivity index (χ1v) is 7.36. The van der Waals surface area contributed by atoms with Crippen molar-refractivity contribution in [3.05, 3.63) is 66.0 Å². The number of benzene rings is 1. The van der Waals surface area contributed by atoms with Gasteiger partial charge in [-0.15, -0.1) is 11.6 Å². The van der Waals surface area contributed by atoms with Gasteiger partial charge in [0.15, 0.2) is 5.78 Å². The van der Waals surface area contributed by atoms with Gasteiger partial charge in [0, 0.05) is 18.0 Å². The van der Waals surface area contributed by atoms with Gasteiger partial charge < -0.3 is 0 Å². The van der Waals surface area contributed by atoms with Crippen LogP contribution in [0, 0.1) is 0 Å². The number of rotatable bonds is 3. The molecule has 0 aliphatic carbocycles. The molecule has 0 saturated carbocycles. The molecule has 0 radical (unpaired) electrons. The van der Waals surface area contributed by atoms with Crippen molar-refractivity contribution >= 4 is 17.4 Å². The number of halogens is 1. The van der Waals surface area contributed by atoms with Gasteiger partial charge in [-0.3, -0.25) is 9.78 Å². The van der Waals surface area contributed by atoms with Gasteiger partial charge in [-0.05, 0) is 17.7 Å². The van der Waals surface area contributed by atoms with Crippen LogP contribution in [0.2, 0.25) is 0 Å². The predicted octanol–water partition coefficient (Wildman–Crippen LogP) is 5.30. The highest BCUT2D eigenvalue weighted by Gasteiger charge is 2.18. The Kier molecular flexibility index (Phi) is 10.2. The smallest absolute Gasteiger partial charge is 0.185 e. The summed E-state index contributed by atoms with van der Waals surface area (Å²) >= 11 is 6.11. The molecule has 0 spiro atoms. The highest BCUT2D eigenvalue weighted by atomic mass is 35.5. The molecule has 1 aromatic heterocycles. The van der Waals surface area contributed by atoms with Crippen molar-refractivity contribution < 1.29 is 4.79 Å². The number of carbonyl (C=O) groups is 1. The maximum Gasteiger partial charge on any atom is 0.185 e. The zero-order valence-electron chi connectivity index (χ0n) is 12.5. The molecule has 0 bridgehead atoms. The van der Waals surface area contributed by atoms with E-state index in [9.17, 15) is 4.79 Å². The van der Waals surface area contributed by atoms with Crippen molar-refractivity contribution in [2.24, 2.45) is 0 Å². The monoisotopic (exact) mass is 291 g/mol. The summed E-state index contributed by atoms with van der Waals surface area (Å²) in [4.78, 5) is 15.9. The van der Waals surface area contributed by atoms with Crippen molar-refractivity contribution in [3.63, 3.8) is 0 Å². The fourth-order valence-electron chi connectivity index (χ4n) is 1.43. The summed E-state index contributed by atoms with van der Waals surface area (Å²) < 4.78 is 0. The maximum atomic E-state index is 12.0. The molecule has 0 N–H and O–H groups in total. The van der Waals surface area contributed by atoms with Crippen LogP contribution in [0.15, 0.2) is 54.9 Å². The first-order valence-electron chi connectivity index (χ1n) is 6.92. The highest BCUT2D eigenvalue weighted by Crippen LogP contribution is 2.24. The summed E-state index contributed by atoms with van der Waals surface area (Å²) in [6.07, 6.45) is 3.26. The van der Waals surface area contributed by atoms with Crippen LogP contribution in [-0.4, -0.2) is 10.8 Å². The Bertz CT molecular complexity index is 471. The van der Waals surface area contributed by atoms with Crippen LogP contribution in [0.1, 0.15) is 49.0 Å². The van der Waals surface area contributed by atoms with Crippen LogP contribution < -0.4 is 0 Å². The fourth-order valence-corrected chi connectivity index (χ4v) is 1.70. The normalized spacial score (nSPS) is 10.2. The quantitative estimate of drug-likeness (QED) is 0.567. The Morgan fingerprint density at radius 2 is 1.45 bits per heavy atom. The lowest BCUT2D eigenvalue weighted by atomic mass is 10.0. The van der Waals surface area contributed by atoms with Gasteiger partial charge in [0.05, 0.1) is 0 Å². The van der Waals surface area contributed by atoms with E-state index in [2.05, 4.69) is 4.98 Å². The van der Waals surface area contributed by atoms with Gasteiger partial charge in [0.1, 0.15) is 5.38 Å². The molecule has 1 aromatic carbocycles. The van der Waals surface area contributed by atoms with Crippen LogP contribution >= 0.6 is 11.6 Å². The second-order valence-electron chi connectivity index (χ2n) is 3.37. The molecule has 1 unspecified atom stereocenters. The average Bonchev–Trinajstić information content (AvgIpc) is 2.59. The van der Waals surface area contributed by atoms with Crippen molar-refractivity contribution in [1.29, 1.82) is 0 Å². The van der Waals surface area contributed by atoms with E-state index in [1.165, 1.54) is 0 Å². The van der Waals surface area contributed by atoms with E-state index in [-0.39, 0.29) is 5.78 Å². The first kappa shape index (κ1) is 18.3. The zero-order valence-corrected chi connectivity index (χ0v) is 13.3. The minimum atomic E-state index is -0.648. The highest BCUT2D eigenvalue weighted by molar-refractivity contribution is 6.33. The summed E-state index contributed by atoms with van der Waals surface area (Å²) in [5, 5.41) is -0.648. The number of aromatic nitrogens is 1. The van der Waals surface area contributed by atoms with Crippen LogP contribution in [0.3, 0.4) is 0 Å². The summed E-state index contributed by atoms with van der Waals surface area (Å²) in [5.74, 6) is -0.0894. The third-order valence-electron chi connectivity index (χ3n) is 2.29. The van der Waals surface area contributed by atoms with Crippen LogP contribution in [-0.2, 0) is 0 Å². The molecule has 3 heteroatoms. The van der Waals surface area contributed by atoms with Crippen LogP contribution in [0.25, 0.3) is 0 Å². The minimum absolute atomic E-state index is 0.0894. The standard InChI is InChI=1S/C13H10ClNO.2C2H6/c14-12(10-6-8-15-9-7-10)13(16)11-4-2-1-3-5-11;2*1-2/h1-9,12H;2*1-2H3. The average molecular weight is 292 g/mol. The molecule has 0 fully saturated rings. The number of hydrogen-bond acceptors (Lipinski definition) is 2. The Balaban J connectivity index is 0.000000829.